The summed E-state index contributed by atoms with van der Waals surface area (Å²) in [4.78, 5) is 3.21. The molecule has 112 valence electrons. The molecule has 0 aromatic carbocycles. The van der Waals surface area contributed by atoms with Crippen LogP contribution in [-0.2, 0) is 16.0 Å². The molecule has 1 aromatic heterocycles. The predicted octanol–water partition coefficient (Wildman–Crippen LogP) is 1.67. The third kappa shape index (κ3) is 3.14. The number of hydrogen-bond donors (Lipinski definition) is 2. The first kappa shape index (κ1) is 14.9. The highest BCUT2D eigenvalue weighted by molar-refractivity contribution is 7.92. The highest BCUT2D eigenvalue weighted by Crippen LogP contribution is 2.31. The van der Waals surface area contributed by atoms with E-state index in [-0.39, 0.29) is 23.7 Å². The summed E-state index contributed by atoms with van der Waals surface area (Å²) < 4.78 is 60.9. The molecule has 0 bridgehead atoms. The van der Waals surface area contributed by atoms with E-state index < -0.39 is 27.0 Å². The van der Waals surface area contributed by atoms with E-state index in [2.05, 4.69) is 10.3 Å². The zero-order chi connectivity index (χ0) is 15.0. The molecule has 0 amide bonds. The fourth-order valence-corrected chi connectivity index (χ4v) is 3.85. The Balaban J connectivity index is 2.13. The van der Waals surface area contributed by atoms with Crippen LogP contribution in [0.15, 0.2) is 12.3 Å². The number of nitrogens with zero attached hydrogens (tertiary/aromatic N) is 1. The van der Waals surface area contributed by atoms with Gasteiger partial charge in [0.05, 0.1) is 28.6 Å². The van der Waals surface area contributed by atoms with Gasteiger partial charge in [-0.15, -0.1) is 0 Å². The van der Waals surface area contributed by atoms with Gasteiger partial charge in [0.15, 0.2) is 9.84 Å². The summed E-state index contributed by atoms with van der Waals surface area (Å²) in [6.07, 6.45) is -2.57. The fourth-order valence-electron chi connectivity index (χ4n) is 2.09. The van der Waals surface area contributed by atoms with Crippen molar-refractivity contribution in [2.45, 2.75) is 24.3 Å². The van der Waals surface area contributed by atoms with E-state index in [1.54, 1.807) is 0 Å². The first-order valence-electron chi connectivity index (χ1n) is 5.98. The maximum absolute atomic E-state index is 12.5. The Hall–Kier alpha value is -1.51. The molecule has 0 spiro atoms. The van der Waals surface area contributed by atoms with E-state index in [0.717, 1.165) is 12.3 Å². The van der Waals surface area contributed by atoms with Gasteiger partial charge in [0.25, 0.3) is 0 Å². The van der Waals surface area contributed by atoms with Crippen molar-refractivity contribution < 1.29 is 21.6 Å². The normalized spacial score (nSPS) is 21.9. The topological polar surface area (TPSA) is 85.1 Å². The lowest BCUT2D eigenvalue weighted by molar-refractivity contribution is -0.141. The molecule has 1 aliphatic heterocycles. The van der Waals surface area contributed by atoms with Gasteiger partial charge in [-0.05, 0) is 18.9 Å². The average Bonchev–Trinajstić information content (AvgIpc) is 2.66. The second kappa shape index (κ2) is 5.12. The maximum Gasteiger partial charge on any atom is 0.433 e. The standard InChI is InChI=1S/C11H14F3N3O2S/c12-11(13,14)10-4-9(8(15)6-17-10)16-5-7-2-1-3-20(7,18)19/h4,6-7H,1-3,5,15H2,(H,16,17). The third-order valence-corrected chi connectivity index (χ3v) is 5.48. The molecule has 1 aliphatic rings. The van der Waals surface area contributed by atoms with Crippen LogP contribution in [0, 0.1) is 0 Å². The van der Waals surface area contributed by atoms with Crippen molar-refractivity contribution in [2.75, 3.05) is 23.3 Å². The zero-order valence-electron chi connectivity index (χ0n) is 10.4. The highest BCUT2D eigenvalue weighted by atomic mass is 32.2. The first-order valence-corrected chi connectivity index (χ1v) is 7.70. The summed E-state index contributed by atoms with van der Waals surface area (Å²) in [6, 6.07) is 0.789. The number of alkyl halides is 3. The number of sulfone groups is 1. The first-order chi connectivity index (χ1) is 9.20. The molecule has 1 fully saturated rings. The third-order valence-electron chi connectivity index (χ3n) is 3.21. The molecule has 1 unspecified atom stereocenters. The molecule has 2 rings (SSSR count). The monoisotopic (exact) mass is 309 g/mol. The predicted molar refractivity (Wildman–Crippen MR) is 68.9 cm³/mol. The van der Waals surface area contributed by atoms with Gasteiger partial charge < -0.3 is 11.1 Å². The Kier molecular flexibility index (Phi) is 3.81. The zero-order valence-corrected chi connectivity index (χ0v) is 11.3. The average molecular weight is 309 g/mol. The van der Waals surface area contributed by atoms with Gasteiger partial charge in [0.2, 0.25) is 0 Å². The summed E-state index contributed by atoms with van der Waals surface area (Å²) in [5.41, 5.74) is 4.58. The number of pyridine rings is 1. The number of rotatable bonds is 3. The largest absolute Gasteiger partial charge is 0.433 e. The molecule has 20 heavy (non-hydrogen) atoms. The highest BCUT2D eigenvalue weighted by Gasteiger charge is 2.34. The molecule has 1 saturated heterocycles. The molecular weight excluding hydrogens is 295 g/mol. The summed E-state index contributed by atoms with van der Waals surface area (Å²) in [5.74, 6) is 0.124. The van der Waals surface area contributed by atoms with Crippen LogP contribution in [0.4, 0.5) is 24.5 Å². The van der Waals surface area contributed by atoms with Gasteiger partial charge >= 0.3 is 6.18 Å². The lowest BCUT2D eigenvalue weighted by atomic mass is 10.2. The SMILES string of the molecule is Nc1cnc(C(F)(F)F)cc1NCC1CCCS1(=O)=O. The number of nitrogen functional groups attached to an aromatic ring is 1. The van der Waals surface area contributed by atoms with Crippen LogP contribution in [0.5, 0.6) is 0 Å². The number of halogens is 3. The molecular formula is C11H14F3N3O2S. The van der Waals surface area contributed by atoms with Crippen LogP contribution in [0.1, 0.15) is 18.5 Å². The van der Waals surface area contributed by atoms with Crippen molar-refractivity contribution >= 4 is 21.2 Å². The molecule has 5 nitrogen and oxygen atoms in total. The van der Waals surface area contributed by atoms with Crippen LogP contribution in [0.25, 0.3) is 0 Å². The van der Waals surface area contributed by atoms with E-state index in [4.69, 9.17) is 5.73 Å². The van der Waals surface area contributed by atoms with E-state index in [1.165, 1.54) is 0 Å². The van der Waals surface area contributed by atoms with Gasteiger partial charge in [-0.25, -0.2) is 13.4 Å². The summed E-state index contributed by atoms with van der Waals surface area (Å²) in [6.45, 7) is 0.0494. The summed E-state index contributed by atoms with van der Waals surface area (Å²) in [5, 5.41) is 2.10. The lowest BCUT2D eigenvalue weighted by Gasteiger charge is -2.15. The molecule has 0 aliphatic carbocycles. The van der Waals surface area contributed by atoms with Crippen molar-refractivity contribution in [3.8, 4) is 0 Å². The second-order valence-corrected chi connectivity index (χ2v) is 7.07. The van der Waals surface area contributed by atoms with Crippen molar-refractivity contribution in [3.05, 3.63) is 18.0 Å². The van der Waals surface area contributed by atoms with Crippen LogP contribution in [0.2, 0.25) is 0 Å². The van der Waals surface area contributed by atoms with Crippen LogP contribution < -0.4 is 11.1 Å². The Labute approximate surface area is 114 Å². The van der Waals surface area contributed by atoms with Crippen molar-refractivity contribution in [2.24, 2.45) is 0 Å². The van der Waals surface area contributed by atoms with Crippen LogP contribution >= 0.6 is 0 Å². The van der Waals surface area contributed by atoms with Gasteiger partial charge in [0.1, 0.15) is 5.69 Å². The van der Waals surface area contributed by atoms with Crippen LogP contribution in [-0.4, -0.2) is 30.9 Å². The van der Waals surface area contributed by atoms with E-state index in [1.807, 2.05) is 0 Å². The quantitative estimate of drug-likeness (QED) is 0.887. The number of aromatic nitrogens is 1. The number of nitrogens with one attached hydrogen (secondary N) is 1. The maximum atomic E-state index is 12.5. The molecule has 2 heterocycles. The molecule has 1 atom stereocenters. The Morgan fingerprint density at radius 2 is 2.15 bits per heavy atom. The van der Waals surface area contributed by atoms with Gasteiger partial charge in [-0.1, -0.05) is 0 Å². The van der Waals surface area contributed by atoms with Crippen molar-refractivity contribution in [1.29, 1.82) is 0 Å². The van der Waals surface area contributed by atoms with E-state index in [9.17, 15) is 21.6 Å². The van der Waals surface area contributed by atoms with E-state index >= 15 is 0 Å². The van der Waals surface area contributed by atoms with E-state index in [0.29, 0.717) is 12.8 Å². The molecule has 9 heteroatoms. The smallest absolute Gasteiger partial charge is 0.396 e. The van der Waals surface area contributed by atoms with Crippen LogP contribution in [0.3, 0.4) is 0 Å². The Bertz CT molecular complexity index is 601. The lowest BCUT2D eigenvalue weighted by Crippen LogP contribution is -2.25. The van der Waals surface area contributed by atoms with Gasteiger partial charge in [0, 0.05) is 6.54 Å². The fraction of sp³-hybridized carbons (Fsp3) is 0.545. The summed E-state index contributed by atoms with van der Waals surface area (Å²) in [7, 11) is -3.15. The minimum absolute atomic E-state index is 0.0494. The molecule has 0 radical (unpaired) electrons. The molecule has 0 saturated carbocycles. The minimum Gasteiger partial charge on any atom is -0.396 e. The molecule has 1 aromatic rings. The van der Waals surface area contributed by atoms with Crippen molar-refractivity contribution in [3.63, 3.8) is 0 Å². The molecule has 3 N–H and O–H groups in total. The number of nitrogens with two attached hydrogens (primary N) is 1. The van der Waals surface area contributed by atoms with Crippen molar-refractivity contribution in [1.82, 2.24) is 4.98 Å². The number of hydrogen-bond acceptors (Lipinski definition) is 5. The minimum atomic E-state index is -4.57. The van der Waals surface area contributed by atoms with Gasteiger partial charge in [-0.3, -0.25) is 0 Å². The Morgan fingerprint density at radius 3 is 2.70 bits per heavy atom. The second-order valence-electron chi connectivity index (χ2n) is 4.67. The van der Waals surface area contributed by atoms with Gasteiger partial charge in [-0.2, -0.15) is 13.2 Å². The number of anilines is 2. The summed E-state index contributed by atoms with van der Waals surface area (Å²) >= 11 is 0. The Morgan fingerprint density at radius 1 is 1.45 bits per heavy atom.